The summed E-state index contributed by atoms with van der Waals surface area (Å²) in [6.07, 6.45) is 1.72. The maximum atomic E-state index is 13.8. The van der Waals surface area contributed by atoms with E-state index in [1.807, 2.05) is 6.92 Å². The lowest BCUT2D eigenvalue weighted by Gasteiger charge is -2.11. The Hall–Kier alpha value is -2.81. The van der Waals surface area contributed by atoms with Crippen molar-refractivity contribution in [3.63, 3.8) is 0 Å². The van der Waals surface area contributed by atoms with Gasteiger partial charge in [-0.25, -0.2) is 20.2 Å². The number of nitrogens with one attached hydrogen (secondary N) is 1. The lowest BCUT2D eigenvalue weighted by atomic mass is 10.2. The van der Waals surface area contributed by atoms with Gasteiger partial charge in [0.15, 0.2) is 11.6 Å². The van der Waals surface area contributed by atoms with Gasteiger partial charge in [0, 0.05) is 6.07 Å². The molecule has 21 heavy (non-hydrogen) atoms. The molecule has 1 aromatic carbocycles. The number of hydrogen-bond donors (Lipinski definition) is 2. The van der Waals surface area contributed by atoms with Crippen LogP contribution in [0.5, 0.6) is 11.6 Å². The van der Waals surface area contributed by atoms with E-state index in [1.54, 1.807) is 0 Å². The molecular weight excluding hydrogens is 281 g/mol. The fourth-order valence-corrected chi connectivity index (χ4v) is 1.72. The van der Waals surface area contributed by atoms with Crippen molar-refractivity contribution in [2.75, 3.05) is 5.43 Å². The molecule has 1 heterocycles. The van der Waals surface area contributed by atoms with Gasteiger partial charge in [-0.3, -0.25) is 10.1 Å². The number of nitro benzene ring substituents is 1. The van der Waals surface area contributed by atoms with Gasteiger partial charge in [0.2, 0.25) is 5.88 Å². The van der Waals surface area contributed by atoms with Crippen molar-refractivity contribution in [2.45, 2.75) is 13.3 Å². The normalized spacial score (nSPS) is 10.2. The Morgan fingerprint density at radius 3 is 2.81 bits per heavy atom. The van der Waals surface area contributed by atoms with Crippen LogP contribution in [0.2, 0.25) is 0 Å². The van der Waals surface area contributed by atoms with E-state index < -0.39 is 10.7 Å². The van der Waals surface area contributed by atoms with Crippen molar-refractivity contribution in [3.05, 3.63) is 46.0 Å². The summed E-state index contributed by atoms with van der Waals surface area (Å²) in [5, 5.41) is 10.6. The van der Waals surface area contributed by atoms with E-state index in [0.29, 0.717) is 17.8 Å². The maximum Gasteiger partial charge on any atom is 0.272 e. The van der Waals surface area contributed by atoms with Crippen LogP contribution >= 0.6 is 0 Å². The predicted molar refractivity (Wildman–Crippen MR) is 72.3 cm³/mol. The number of nitro groups is 1. The lowest BCUT2D eigenvalue weighted by Crippen LogP contribution is -2.12. The van der Waals surface area contributed by atoms with Gasteiger partial charge in [0.25, 0.3) is 5.69 Å². The van der Waals surface area contributed by atoms with Crippen molar-refractivity contribution in [3.8, 4) is 11.6 Å². The van der Waals surface area contributed by atoms with Crippen LogP contribution in [0.1, 0.15) is 12.5 Å². The molecule has 9 heteroatoms. The van der Waals surface area contributed by atoms with Gasteiger partial charge < -0.3 is 10.2 Å². The van der Waals surface area contributed by atoms with E-state index in [0.717, 1.165) is 12.1 Å². The summed E-state index contributed by atoms with van der Waals surface area (Å²) in [6, 6.07) is 3.10. The molecule has 1 aromatic heterocycles. The largest absolute Gasteiger partial charge is 0.435 e. The average Bonchev–Trinajstić information content (AvgIpc) is 2.48. The van der Waals surface area contributed by atoms with Crippen LogP contribution in [0, 0.1) is 15.9 Å². The highest BCUT2D eigenvalue weighted by Gasteiger charge is 2.16. The van der Waals surface area contributed by atoms with Gasteiger partial charge in [-0.2, -0.15) is 0 Å². The number of nitrogens with two attached hydrogens (primary N) is 1. The van der Waals surface area contributed by atoms with E-state index in [4.69, 9.17) is 10.6 Å². The Kier molecular flexibility index (Phi) is 4.24. The number of benzene rings is 1. The molecule has 0 amide bonds. The highest BCUT2D eigenvalue weighted by molar-refractivity contribution is 5.49. The number of non-ortho nitro benzene ring substituents is 1. The first kappa shape index (κ1) is 14.6. The summed E-state index contributed by atoms with van der Waals surface area (Å²) < 4.78 is 19.2. The number of aromatic nitrogens is 2. The van der Waals surface area contributed by atoms with Gasteiger partial charge >= 0.3 is 0 Å². The van der Waals surface area contributed by atoms with Crippen LogP contribution in [0.4, 0.5) is 15.9 Å². The Balaban J connectivity index is 2.36. The Labute approximate surface area is 118 Å². The summed E-state index contributed by atoms with van der Waals surface area (Å²) in [4.78, 5) is 17.7. The summed E-state index contributed by atoms with van der Waals surface area (Å²) in [7, 11) is 0. The standard InChI is InChI=1S/C12H12FN5O3/c1-2-8-11(17-14)15-6-16-12(8)21-10-4-3-7(18(19)20)5-9(10)13/h3-6H,2,14H2,1H3,(H,15,16,17). The average molecular weight is 293 g/mol. The minimum atomic E-state index is -0.855. The molecule has 0 aliphatic heterocycles. The third-order valence-corrected chi connectivity index (χ3v) is 2.73. The molecule has 2 rings (SSSR count). The molecule has 0 spiro atoms. The zero-order valence-corrected chi connectivity index (χ0v) is 11.0. The zero-order chi connectivity index (χ0) is 15.4. The van der Waals surface area contributed by atoms with Gasteiger partial charge in [-0.05, 0) is 12.5 Å². The minimum Gasteiger partial charge on any atom is -0.435 e. The first-order valence-corrected chi connectivity index (χ1v) is 5.99. The first-order chi connectivity index (χ1) is 10.1. The van der Waals surface area contributed by atoms with Crippen LogP contribution in [-0.2, 0) is 6.42 Å². The number of nitrogens with zero attached hydrogens (tertiary/aromatic N) is 3. The number of hydrazine groups is 1. The number of anilines is 1. The van der Waals surface area contributed by atoms with Crippen LogP contribution in [-0.4, -0.2) is 14.9 Å². The van der Waals surface area contributed by atoms with Crippen LogP contribution < -0.4 is 16.0 Å². The van der Waals surface area contributed by atoms with E-state index in [1.165, 1.54) is 12.4 Å². The molecule has 0 atom stereocenters. The SMILES string of the molecule is CCc1c(NN)ncnc1Oc1ccc([N+](=O)[O-])cc1F. The van der Waals surface area contributed by atoms with Gasteiger partial charge in [0.1, 0.15) is 12.1 Å². The number of rotatable bonds is 5. The molecule has 0 bridgehead atoms. The quantitative estimate of drug-likeness (QED) is 0.493. The van der Waals surface area contributed by atoms with E-state index in [-0.39, 0.29) is 17.3 Å². The number of nitrogen functional groups attached to an aromatic ring is 1. The highest BCUT2D eigenvalue weighted by Crippen LogP contribution is 2.30. The molecule has 2 aromatic rings. The molecule has 0 aliphatic carbocycles. The van der Waals surface area contributed by atoms with E-state index >= 15 is 0 Å². The second kappa shape index (κ2) is 6.09. The van der Waals surface area contributed by atoms with E-state index in [2.05, 4.69) is 15.4 Å². The van der Waals surface area contributed by atoms with Crippen LogP contribution in [0.3, 0.4) is 0 Å². The molecular formula is C12H12FN5O3. The van der Waals surface area contributed by atoms with Gasteiger partial charge in [-0.15, -0.1) is 0 Å². The molecule has 0 aliphatic rings. The van der Waals surface area contributed by atoms with E-state index in [9.17, 15) is 14.5 Å². The summed E-state index contributed by atoms with van der Waals surface area (Å²) in [5.74, 6) is 4.80. The Bertz CT molecular complexity index is 680. The predicted octanol–water partition coefficient (Wildman–Crippen LogP) is 2.16. The number of hydrogen-bond acceptors (Lipinski definition) is 7. The molecule has 0 unspecified atom stereocenters. The lowest BCUT2D eigenvalue weighted by molar-refractivity contribution is -0.385. The molecule has 0 saturated heterocycles. The summed E-state index contributed by atoms with van der Waals surface area (Å²) >= 11 is 0. The van der Waals surface area contributed by atoms with Crippen molar-refractivity contribution in [1.82, 2.24) is 9.97 Å². The van der Waals surface area contributed by atoms with Crippen molar-refractivity contribution in [1.29, 1.82) is 0 Å². The number of ether oxygens (including phenoxy) is 1. The fraction of sp³-hybridized carbons (Fsp3) is 0.167. The van der Waals surface area contributed by atoms with Gasteiger partial charge in [-0.1, -0.05) is 6.92 Å². The van der Waals surface area contributed by atoms with Crippen molar-refractivity contribution in [2.24, 2.45) is 5.84 Å². The Morgan fingerprint density at radius 1 is 1.48 bits per heavy atom. The smallest absolute Gasteiger partial charge is 0.272 e. The van der Waals surface area contributed by atoms with Crippen molar-refractivity contribution >= 4 is 11.5 Å². The topological polar surface area (TPSA) is 116 Å². The molecule has 0 radical (unpaired) electrons. The van der Waals surface area contributed by atoms with Crippen LogP contribution in [0.15, 0.2) is 24.5 Å². The second-order valence-corrected chi connectivity index (χ2v) is 3.98. The third-order valence-electron chi connectivity index (χ3n) is 2.73. The Morgan fingerprint density at radius 2 is 2.24 bits per heavy atom. The second-order valence-electron chi connectivity index (χ2n) is 3.98. The molecule has 110 valence electrons. The summed E-state index contributed by atoms with van der Waals surface area (Å²) in [6.45, 7) is 1.83. The fourth-order valence-electron chi connectivity index (χ4n) is 1.72. The monoisotopic (exact) mass is 293 g/mol. The molecule has 3 N–H and O–H groups in total. The minimum absolute atomic E-state index is 0.133. The number of halogens is 1. The first-order valence-electron chi connectivity index (χ1n) is 5.99. The zero-order valence-electron chi connectivity index (χ0n) is 11.0. The third kappa shape index (κ3) is 3.03. The van der Waals surface area contributed by atoms with Gasteiger partial charge in [0.05, 0.1) is 16.6 Å². The van der Waals surface area contributed by atoms with Crippen LogP contribution in [0.25, 0.3) is 0 Å². The maximum absolute atomic E-state index is 13.8. The molecule has 0 fully saturated rings. The highest BCUT2D eigenvalue weighted by atomic mass is 19.1. The van der Waals surface area contributed by atoms with Crippen molar-refractivity contribution < 1.29 is 14.1 Å². The molecule has 8 nitrogen and oxygen atoms in total. The molecule has 0 saturated carbocycles. The summed E-state index contributed by atoms with van der Waals surface area (Å²) in [5.41, 5.74) is 2.61.